The van der Waals surface area contributed by atoms with Gasteiger partial charge in [0.05, 0.1) is 44.0 Å². The average molecular weight is 328 g/mol. The maximum absolute atomic E-state index is 13.1. The van der Waals surface area contributed by atoms with Gasteiger partial charge in [0.2, 0.25) is 0 Å². The second kappa shape index (κ2) is 6.41. The zero-order valence-electron chi connectivity index (χ0n) is 12.7. The number of aromatic nitrogens is 1. The predicted molar refractivity (Wildman–Crippen MR) is 79.9 cm³/mol. The summed E-state index contributed by atoms with van der Waals surface area (Å²) in [4.78, 5) is 16.2. The van der Waals surface area contributed by atoms with Crippen LogP contribution >= 0.6 is 0 Å². The van der Waals surface area contributed by atoms with E-state index in [2.05, 4.69) is 10.3 Å². The van der Waals surface area contributed by atoms with Gasteiger partial charge in [-0.15, -0.1) is 0 Å². The quantitative estimate of drug-likeness (QED) is 0.778. The van der Waals surface area contributed by atoms with Crippen molar-refractivity contribution < 1.29 is 28.0 Å². The van der Waals surface area contributed by atoms with Crippen LogP contribution in [-0.2, 0) is 6.18 Å². The molecule has 3 N–H and O–H groups in total. The first-order chi connectivity index (χ1) is 10.7. The second-order valence-electron chi connectivity index (χ2n) is 5.44. The van der Waals surface area contributed by atoms with Crippen LogP contribution in [-0.4, -0.2) is 43.2 Å². The molecule has 0 unspecified atom stereocenters. The normalized spacial score (nSPS) is 11.9. The number of fused-ring (bicyclic) bond motifs is 1. The van der Waals surface area contributed by atoms with E-state index in [9.17, 15) is 23.1 Å². The molecule has 0 amide bonds. The van der Waals surface area contributed by atoms with Crippen LogP contribution in [0.25, 0.3) is 10.9 Å². The first kappa shape index (κ1) is 17.0. The molecule has 0 aliphatic rings. The van der Waals surface area contributed by atoms with Gasteiger partial charge in [0, 0.05) is 11.6 Å². The number of carbonyl (C=O) groups is 1. The highest BCUT2D eigenvalue weighted by Gasteiger charge is 2.33. The molecule has 2 aromatic rings. The summed E-state index contributed by atoms with van der Waals surface area (Å²) in [6.07, 6.45) is -3.59. The van der Waals surface area contributed by atoms with Crippen molar-refractivity contribution in [3.63, 3.8) is 0 Å². The van der Waals surface area contributed by atoms with Crippen molar-refractivity contribution in [1.82, 2.24) is 4.98 Å². The van der Waals surface area contributed by atoms with Crippen LogP contribution < -0.4 is 10.2 Å². The molecule has 8 heteroatoms. The lowest BCUT2D eigenvalue weighted by atomic mass is 10.0. The van der Waals surface area contributed by atoms with Crippen LogP contribution in [0.15, 0.2) is 24.4 Å². The fraction of sp³-hybridized carbons (Fsp3) is 0.333. The number of rotatable bonds is 5. The molecule has 0 bridgehead atoms. The van der Waals surface area contributed by atoms with Gasteiger partial charge in [-0.3, -0.25) is 4.98 Å². The van der Waals surface area contributed by atoms with Gasteiger partial charge in [-0.25, -0.2) is 4.79 Å². The molecule has 0 spiro atoms. The summed E-state index contributed by atoms with van der Waals surface area (Å²) >= 11 is 0. The molecular formula is C15H17F3N3O2+. The van der Waals surface area contributed by atoms with Gasteiger partial charge in [-0.2, -0.15) is 13.2 Å². The standard InChI is InChI=1S/C15H16F3N3O2/c1-21(2)7-6-19-12-9-4-3-5-11(15(16,17)18)13(9)20-8-10(12)14(22)23/h3-5,8H,6-7H2,1-2H3,(H,19,20)(H,22,23)/p+1. The van der Waals surface area contributed by atoms with Gasteiger partial charge >= 0.3 is 12.1 Å². The molecule has 2 rings (SSSR count). The average Bonchev–Trinajstić information content (AvgIpc) is 2.44. The Bertz CT molecular complexity index is 730. The van der Waals surface area contributed by atoms with Crippen molar-refractivity contribution in [2.75, 3.05) is 32.5 Å². The summed E-state index contributed by atoms with van der Waals surface area (Å²) in [6.45, 7) is 1.11. The van der Waals surface area contributed by atoms with E-state index in [0.29, 0.717) is 13.1 Å². The minimum absolute atomic E-state index is 0.147. The van der Waals surface area contributed by atoms with E-state index < -0.39 is 17.7 Å². The molecule has 1 heterocycles. The number of quaternary nitrogens is 1. The maximum atomic E-state index is 13.1. The molecule has 0 saturated carbocycles. The zero-order valence-corrected chi connectivity index (χ0v) is 12.7. The highest BCUT2D eigenvalue weighted by Crippen LogP contribution is 2.36. The van der Waals surface area contributed by atoms with Crippen LogP contribution in [0, 0.1) is 0 Å². The number of carboxylic acids is 1. The van der Waals surface area contributed by atoms with Gasteiger partial charge in [0.15, 0.2) is 0 Å². The number of pyridine rings is 1. The molecule has 23 heavy (non-hydrogen) atoms. The Hall–Kier alpha value is -2.35. The number of carboxylic acid groups (broad SMARTS) is 1. The number of nitrogens with zero attached hydrogens (tertiary/aromatic N) is 1. The van der Waals surface area contributed by atoms with E-state index in [1.165, 1.54) is 12.1 Å². The van der Waals surface area contributed by atoms with E-state index in [1.54, 1.807) is 0 Å². The first-order valence-corrected chi connectivity index (χ1v) is 6.97. The molecule has 0 aliphatic carbocycles. The third-order valence-corrected chi connectivity index (χ3v) is 3.36. The van der Waals surface area contributed by atoms with Crippen molar-refractivity contribution in [3.05, 3.63) is 35.5 Å². The number of benzene rings is 1. The van der Waals surface area contributed by atoms with Gasteiger partial charge < -0.3 is 15.3 Å². The van der Waals surface area contributed by atoms with Crippen molar-refractivity contribution in [3.8, 4) is 0 Å². The summed E-state index contributed by atoms with van der Waals surface area (Å²) in [5.74, 6) is -1.24. The Kier molecular flexibility index (Phi) is 4.74. The summed E-state index contributed by atoms with van der Waals surface area (Å²) in [5.41, 5.74) is -1.13. The lowest BCUT2D eigenvalue weighted by molar-refractivity contribution is -0.856. The molecule has 0 saturated heterocycles. The number of para-hydroxylation sites is 1. The summed E-state index contributed by atoms with van der Waals surface area (Å²) in [7, 11) is 3.85. The molecule has 0 aliphatic heterocycles. The van der Waals surface area contributed by atoms with Crippen LogP contribution in [0.1, 0.15) is 15.9 Å². The van der Waals surface area contributed by atoms with E-state index >= 15 is 0 Å². The Morgan fingerprint density at radius 1 is 1.35 bits per heavy atom. The minimum Gasteiger partial charge on any atom is -0.478 e. The number of anilines is 1. The molecule has 124 valence electrons. The van der Waals surface area contributed by atoms with Crippen LogP contribution in [0.3, 0.4) is 0 Å². The maximum Gasteiger partial charge on any atom is 0.418 e. The van der Waals surface area contributed by atoms with E-state index in [0.717, 1.165) is 17.2 Å². The van der Waals surface area contributed by atoms with Crippen LogP contribution in [0.2, 0.25) is 0 Å². The fourth-order valence-electron chi connectivity index (χ4n) is 2.24. The Labute approximate surface area is 130 Å². The third-order valence-electron chi connectivity index (χ3n) is 3.36. The molecule has 0 fully saturated rings. The van der Waals surface area contributed by atoms with Crippen LogP contribution in [0.4, 0.5) is 18.9 Å². The van der Waals surface area contributed by atoms with Crippen molar-refractivity contribution >= 4 is 22.6 Å². The molecule has 0 radical (unpaired) electrons. The smallest absolute Gasteiger partial charge is 0.418 e. The van der Waals surface area contributed by atoms with Crippen molar-refractivity contribution in [2.24, 2.45) is 0 Å². The van der Waals surface area contributed by atoms with Gasteiger partial charge in [0.25, 0.3) is 0 Å². The number of hydrogen-bond acceptors (Lipinski definition) is 3. The molecule has 1 aromatic heterocycles. The molecular weight excluding hydrogens is 311 g/mol. The van der Waals surface area contributed by atoms with Gasteiger partial charge in [-0.1, -0.05) is 12.1 Å². The highest BCUT2D eigenvalue weighted by molar-refractivity contribution is 6.05. The lowest BCUT2D eigenvalue weighted by Gasteiger charge is -2.16. The number of alkyl halides is 3. The SMILES string of the molecule is C[NH+](C)CCNc1c(C(=O)O)cnc2c(C(F)(F)F)cccc12. The zero-order chi connectivity index (χ0) is 17.2. The van der Waals surface area contributed by atoms with Crippen LogP contribution in [0.5, 0.6) is 0 Å². The Balaban J connectivity index is 2.59. The monoisotopic (exact) mass is 328 g/mol. The lowest BCUT2D eigenvalue weighted by Crippen LogP contribution is -3.06. The Morgan fingerprint density at radius 3 is 2.61 bits per heavy atom. The number of likely N-dealkylation sites (N-methyl/N-ethyl adjacent to an activating group) is 1. The van der Waals surface area contributed by atoms with E-state index in [1.807, 2.05) is 14.1 Å². The fourth-order valence-corrected chi connectivity index (χ4v) is 2.24. The largest absolute Gasteiger partial charge is 0.478 e. The second-order valence-corrected chi connectivity index (χ2v) is 5.44. The summed E-state index contributed by atoms with van der Waals surface area (Å²) in [5, 5.41) is 12.3. The van der Waals surface area contributed by atoms with E-state index in [4.69, 9.17) is 0 Å². The first-order valence-electron chi connectivity index (χ1n) is 6.97. The van der Waals surface area contributed by atoms with Gasteiger partial charge in [-0.05, 0) is 6.07 Å². The van der Waals surface area contributed by atoms with Crippen molar-refractivity contribution in [1.29, 1.82) is 0 Å². The molecule has 5 nitrogen and oxygen atoms in total. The number of hydrogen-bond donors (Lipinski definition) is 3. The number of nitrogens with one attached hydrogen (secondary N) is 2. The van der Waals surface area contributed by atoms with E-state index in [-0.39, 0.29) is 22.2 Å². The highest BCUT2D eigenvalue weighted by atomic mass is 19.4. The summed E-state index contributed by atoms with van der Waals surface area (Å²) < 4.78 is 39.3. The molecule has 1 aromatic carbocycles. The minimum atomic E-state index is -4.55. The molecule has 0 atom stereocenters. The number of aromatic carboxylic acids is 1. The topological polar surface area (TPSA) is 66.7 Å². The van der Waals surface area contributed by atoms with Gasteiger partial charge in [0.1, 0.15) is 5.56 Å². The Morgan fingerprint density at radius 2 is 2.04 bits per heavy atom. The summed E-state index contributed by atoms with van der Waals surface area (Å²) in [6, 6.07) is 3.62. The number of halogens is 3. The predicted octanol–water partition coefficient (Wildman–Crippen LogP) is 1.51. The third kappa shape index (κ3) is 3.70. The van der Waals surface area contributed by atoms with Crippen molar-refractivity contribution in [2.45, 2.75) is 6.18 Å².